The van der Waals surface area contributed by atoms with E-state index >= 15 is 0 Å². The second-order valence-corrected chi connectivity index (χ2v) is 4.34. The molecule has 1 aromatic carbocycles. The van der Waals surface area contributed by atoms with E-state index in [0.29, 0.717) is 18.3 Å². The van der Waals surface area contributed by atoms with Gasteiger partial charge in [-0.1, -0.05) is 11.2 Å². The van der Waals surface area contributed by atoms with Crippen LogP contribution in [-0.4, -0.2) is 29.3 Å². The third kappa shape index (κ3) is 3.34. The number of aryl methyl sites for hydroxylation is 2. The van der Waals surface area contributed by atoms with E-state index in [1.807, 2.05) is 25.1 Å². The molecule has 0 amide bonds. The van der Waals surface area contributed by atoms with Gasteiger partial charge in [0.1, 0.15) is 6.54 Å². The normalized spacial score (nSPS) is 10.3. The smallest absolute Gasteiger partial charge is 0.325 e. The van der Waals surface area contributed by atoms with Gasteiger partial charge in [0.2, 0.25) is 0 Å². The standard InChI is InChI=1S/C14H17N3O3/c1-4-19-13(18)8-15-12-7-11(6-5-9(12)2)14-16-10(3)17-20-14/h5-7,15H,4,8H2,1-3H3. The summed E-state index contributed by atoms with van der Waals surface area (Å²) < 4.78 is 10.0. The van der Waals surface area contributed by atoms with Crippen molar-refractivity contribution >= 4 is 11.7 Å². The summed E-state index contributed by atoms with van der Waals surface area (Å²) in [7, 11) is 0. The fourth-order valence-corrected chi connectivity index (χ4v) is 1.74. The van der Waals surface area contributed by atoms with Gasteiger partial charge in [0.05, 0.1) is 6.61 Å². The van der Waals surface area contributed by atoms with Crippen molar-refractivity contribution in [3.05, 3.63) is 29.6 Å². The number of ether oxygens (including phenoxy) is 1. The summed E-state index contributed by atoms with van der Waals surface area (Å²) in [6, 6.07) is 5.71. The molecule has 1 aromatic heterocycles. The number of carbonyl (C=O) groups excluding carboxylic acids is 1. The molecule has 0 aliphatic rings. The highest BCUT2D eigenvalue weighted by Gasteiger charge is 2.09. The lowest BCUT2D eigenvalue weighted by atomic mass is 10.1. The van der Waals surface area contributed by atoms with E-state index < -0.39 is 0 Å². The molecule has 0 unspecified atom stereocenters. The summed E-state index contributed by atoms with van der Waals surface area (Å²) >= 11 is 0. The molecule has 6 heteroatoms. The van der Waals surface area contributed by atoms with Crippen LogP contribution in [0.2, 0.25) is 0 Å². The van der Waals surface area contributed by atoms with Gasteiger partial charge in [-0.3, -0.25) is 4.79 Å². The number of hydrogen-bond acceptors (Lipinski definition) is 6. The molecule has 0 radical (unpaired) electrons. The molecular formula is C14H17N3O3. The summed E-state index contributed by atoms with van der Waals surface area (Å²) in [6.45, 7) is 6.00. The summed E-state index contributed by atoms with van der Waals surface area (Å²) in [6.07, 6.45) is 0. The van der Waals surface area contributed by atoms with Gasteiger partial charge in [0.25, 0.3) is 5.89 Å². The maximum absolute atomic E-state index is 11.4. The van der Waals surface area contributed by atoms with Gasteiger partial charge in [0, 0.05) is 11.3 Å². The van der Waals surface area contributed by atoms with E-state index in [9.17, 15) is 4.79 Å². The highest BCUT2D eigenvalue weighted by atomic mass is 16.5. The number of nitrogens with one attached hydrogen (secondary N) is 1. The van der Waals surface area contributed by atoms with Gasteiger partial charge in [-0.2, -0.15) is 4.98 Å². The molecule has 106 valence electrons. The summed E-state index contributed by atoms with van der Waals surface area (Å²) in [4.78, 5) is 15.5. The van der Waals surface area contributed by atoms with Crippen LogP contribution < -0.4 is 5.32 Å². The molecule has 0 atom stereocenters. The Labute approximate surface area is 117 Å². The molecule has 1 heterocycles. The largest absolute Gasteiger partial charge is 0.465 e. The van der Waals surface area contributed by atoms with Crippen molar-refractivity contribution < 1.29 is 14.1 Å². The molecule has 0 saturated carbocycles. The number of nitrogens with zero attached hydrogens (tertiary/aromatic N) is 2. The lowest BCUT2D eigenvalue weighted by Crippen LogP contribution is -2.17. The minimum atomic E-state index is -0.286. The molecular weight excluding hydrogens is 258 g/mol. The first kappa shape index (κ1) is 14.0. The fraction of sp³-hybridized carbons (Fsp3) is 0.357. The Morgan fingerprint density at radius 3 is 2.85 bits per heavy atom. The monoisotopic (exact) mass is 275 g/mol. The van der Waals surface area contributed by atoms with Crippen LogP contribution in [0.5, 0.6) is 0 Å². The molecule has 0 aliphatic heterocycles. The minimum absolute atomic E-state index is 0.126. The summed E-state index contributed by atoms with van der Waals surface area (Å²) in [5, 5.41) is 6.81. The van der Waals surface area contributed by atoms with Crippen LogP contribution in [0.3, 0.4) is 0 Å². The second kappa shape index (κ2) is 6.18. The number of anilines is 1. The van der Waals surface area contributed by atoms with Crippen LogP contribution in [0.25, 0.3) is 11.5 Å². The van der Waals surface area contributed by atoms with E-state index in [4.69, 9.17) is 9.26 Å². The Bertz CT molecular complexity index is 607. The molecule has 0 saturated heterocycles. The quantitative estimate of drug-likeness (QED) is 0.844. The van der Waals surface area contributed by atoms with Gasteiger partial charge in [-0.15, -0.1) is 0 Å². The van der Waals surface area contributed by atoms with E-state index in [1.54, 1.807) is 13.8 Å². The predicted octanol–water partition coefficient (Wildman–Crippen LogP) is 2.33. The van der Waals surface area contributed by atoms with Crippen molar-refractivity contribution in [2.24, 2.45) is 0 Å². The van der Waals surface area contributed by atoms with E-state index in [-0.39, 0.29) is 12.5 Å². The van der Waals surface area contributed by atoms with E-state index in [2.05, 4.69) is 15.5 Å². The van der Waals surface area contributed by atoms with Gasteiger partial charge in [-0.25, -0.2) is 0 Å². The Kier molecular flexibility index (Phi) is 4.34. The summed E-state index contributed by atoms with van der Waals surface area (Å²) in [5.74, 6) is 0.759. The molecule has 6 nitrogen and oxygen atoms in total. The number of hydrogen-bond donors (Lipinski definition) is 1. The molecule has 1 N–H and O–H groups in total. The van der Waals surface area contributed by atoms with Crippen molar-refractivity contribution in [3.63, 3.8) is 0 Å². The van der Waals surface area contributed by atoms with Crippen molar-refractivity contribution in [1.29, 1.82) is 0 Å². The molecule has 0 bridgehead atoms. The van der Waals surface area contributed by atoms with Crippen molar-refractivity contribution in [1.82, 2.24) is 10.1 Å². The molecule has 20 heavy (non-hydrogen) atoms. The van der Waals surface area contributed by atoms with Crippen LogP contribution in [0.15, 0.2) is 22.7 Å². The molecule has 0 fully saturated rings. The second-order valence-electron chi connectivity index (χ2n) is 4.34. The van der Waals surface area contributed by atoms with Crippen molar-refractivity contribution in [2.75, 3.05) is 18.5 Å². The highest BCUT2D eigenvalue weighted by Crippen LogP contribution is 2.24. The topological polar surface area (TPSA) is 77.2 Å². The Balaban J connectivity index is 2.14. The van der Waals surface area contributed by atoms with Crippen LogP contribution in [0.4, 0.5) is 5.69 Å². The first-order valence-electron chi connectivity index (χ1n) is 6.41. The lowest BCUT2D eigenvalue weighted by Gasteiger charge is -2.09. The van der Waals surface area contributed by atoms with Crippen LogP contribution in [-0.2, 0) is 9.53 Å². The number of rotatable bonds is 5. The highest BCUT2D eigenvalue weighted by molar-refractivity contribution is 5.76. The van der Waals surface area contributed by atoms with Crippen molar-refractivity contribution in [3.8, 4) is 11.5 Å². The molecule has 0 spiro atoms. The molecule has 2 rings (SSSR count). The van der Waals surface area contributed by atoms with E-state index in [0.717, 1.165) is 16.8 Å². The first-order valence-corrected chi connectivity index (χ1v) is 6.41. The maximum atomic E-state index is 11.4. The lowest BCUT2D eigenvalue weighted by molar-refractivity contribution is -0.140. The Hall–Kier alpha value is -2.37. The molecule has 0 aliphatic carbocycles. The average molecular weight is 275 g/mol. The Morgan fingerprint density at radius 1 is 1.40 bits per heavy atom. The maximum Gasteiger partial charge on any atom is 0.325 e. The summed E-state index contributed by atoms with van der Waals surface area (Å²) in [5.41, 5.74) is 2.67. The van der Waals surface area contributed by atoms with Crippen LogP contribution >= 0.6 is 0 Å². The Morgan fingerprint density at radius 2 is 2.20 bits per heavy atom. The van der Waals surface area contributed by atoms with Gasteiger partial charge >= 0.3 is 5.97 Å². The average Bonchev–Trinajstić information content (AvgIpc) is 2.85. The zero-order valence-electron chi connectivity index (χ0n) is 11.8. The minimum Gasteiger partial charge on any atom is -0.465 e. The SMILES string of the molecule is CCOC(=O)CNc1cc(-c2nc(C)no2)ccc1C. The molecule has 2 aromatic rings. The predicted molar refractivity (Wildman–Crippen MR) is 74.3 cm³/mol. The number of carbonyl (C=O) groups is 1. The van der Waals surface area contributed by atoms with E-state index in [1.165, 1.54) is 0 Å². The first-order chi connectivity index (χ1) is 9.60. The third-order valence-corrected chi connectivity index (χ3v) is 2.74. The fourth-order valence-electron chi connectivity index (χ4n) is 1.74. The third-order valence-electron chi connectivity index (χ3n) is 2.74. The number of esters is 1. The van der Waals surface area contributed by atoms with Crippen molar-refractivity contribution in [2.45, 2.75) is 20.8 Å². The van der Waals surface area contributed by atoms with Gasteiger partial charge < -0.3 is 14.6 Å². The van der Waals surface area contributed by atoms with Crippen LogP contribution in [0, 0.1) is 13.8 Å². The number of aromatic nitrogens is 2. The van der Waals surface area contributed by atoms with Gasteiger partial charge in [0.15, 0.2) is 5.82 Å². The number of benzene rings is 1. The zero-order valence-corrected chi connectivity index (χ0v) is 11.8. The van der Waals surface area contributed by atoms with Gasteiger partial charge in [-0.05, 0) is 38.5 Å². The van der Waals surface area contributed by atoms with Crippen LogP contribution in [0.1, 0.15) is 18.3 Å². The zero-order chi connectivity index (χ0) is 14.5.